The Hall–Kier alpha value is -0.870. The van der Waals surface area contributed by atoms with Crippen LogP contribution in [0.3, 0.4) is 0 Å². The molecule has 2 rings (SSSR count). The van der Waals surface area contributed by atoms with Crippen LogP contribution in [0, 0.1) is 0 Å². The van der Waals surface area contributed by atoms with Crippen molar-refractivity contribution in [1.82, 2.24) is 15.4 Å². The molecule has 0 saturated carbocycles. The second kappa shape index (κ2) is 3.89. The van der Waals surface area contributed by atoms with Crippen molar-refractivity contribution in [1.29, 1.82) is 0 Å². The molecule has 2 aromatic rings. The van der Waals surface area contributed by atoms with E-state index in [0.29, 0.717) is 0 Å². The van der Waals surface area contributed by atoms with E-state index in [1.807, 2.05) is 12.1 Å². The predicted molar refractivity (Wildman–Crippen MR) is 53.1 cm³/mol. The molecule has 0 aliphatic rings. The van der Waals surface area contributed by atoms with Crippen molar-refractivity contribution in [2.75, 3.05) is 0 Å². The lowest BCUT2D eigenvalue weighted by Gasteiger charge is -1.91. The van der Waals surface area contributed by atoms with Crippen molar-refractivity contribution >= 4 is 22.9 Å². The van der Waals surface area contributed by atoms with Gasteiger partial charge in [0.2, 0.25) is 0 Å². The SMILES string of the molecule is Clc1ccc(CCc2cn[nH]n2)s1. The van der Waals surface area contributed by atoms with Gasteiger partial charge in [0.1, 0.15) is 0 Å². The van der Waals surface area contributed by atoms with Gasteiger partial charge >= 0.3 is 0 Å². The molecule has 0 bridgehead atoms. The number of hydrogen-bond acceptors (Lipinski definition) is 3. The number of aryl methyl sites for hydroxylation is 2. The van der Waals surface area contributed by atoms with Crippen LogP contribution in [0.2, 0.25) is 4.34 Å². The van der Waals surface area contributed by atoms with E-state index < -0.39 is 0 Å². The summed E-state index contributed by atoms with van der Waals surface area (Å²) in [7, 11) is 0. The summed E-state index contributed by atoms with van der Waals surface area (Å²) in [5.74, 6) is 0. The molecule has 0 aliphatic heterocycles. The Morgan fingerprint density at radius 2 is 2.31 bits per heavy atom. The van der Waals surface area contributed by atoms with Gasteiger partial charge in [-0.2, -0.15) is 15.4 Å². The summed E-state index contributed by atoms with van der Waals surface area (Å²) < 4.78 is 0.843. The van der Waals surface area contributed by atoms with Crippen LogP contribution in [0.1, 0.15) is 10.6 Å². The number of thiophene rings is 1. The number of rotatable bonds is 3. The standard InChI is InChI=1S/C8H8ClN3S/c9-8-4-3-7(13-8)2-1-6-5-10-12-11-6/h3-5H,1-2H2,(H,10,11,12). The molecule has 0 amide bonds. The molecule has 0 saturated heterocycles. The fourth-order valence-corrected chi connectivity index (χ4v) is 2.17. The molecule has 2 heterocycles. The van der Waals surface area contributed by atoms with Crippen molar-refractivity contribution < 1.29 is 0 Å². The lowest BCUT2D eigenvalue weighted by molar-refractivity contribution is 0.878. The molecule has 3 nitrogen and oxygen atoms in total. The number of halogens is 1. The molecule has 0 fully saturated rings. The smallest absolute Gasteiger partial charge is 0.0931 e. The zero-order valence-electron chi connectivity index (χ0n) is 6.83. The highest BCUT2D eigenvalue weighted by atomic mass is 35.5. The number of aromatic nitrogens is 3. The van der Waals surface area contributed by atoms with Crippen LogP contribution >= 0.6 is 22.9 Å². The van der Waals surface area contributed by atoms with E-state index in [1.165, 1.54) is 4.88 Å². The second-order valence-electron chi connectivity index (χ2n) is 2.67. The molecule has 2 aromatic heterocycles. The molecule has 68 valence electrons. The number of H-pyrrole nitrogens is 1. The van der Waals surface area contributed by atoms with E-state index in [2.05, 4.69) is 15.4 Å². The molecular formula is C8H8ClN3S. The zero-order valence-corrected chi connectivity index (χ0v) is 8.40. The van der Waals surface area contributed by atoms with E-state index in [4.69, 9.17) is 11.6 Å². The van der Waals surface area contributed by atoms with Gasteiger partial charge in [0.15, 0.2) is 0 Å². The van der Waals surface area contributed by atoms with E-state index >= 15 is 0 Å². The van der Waals surface area contributed by atoms with Gasteiger partial charge in [0.05, 0.1) is 16.2 Å². The topological polar surface area (TPSA) is 41.6 Å². The van der Waals surface area contributed by atoms with Crippen molar-refractivity contribution in [3.05, 3.63) is 33.2 Å². The van der Waals surface area contributed by atoms with Crippen LogP contribution in [0.4, 0.5) is 0 Å². The summed E-state index contributed by atoms with van der Waals surface area (Å²) in [6.45, 7) is 0. The fourth-order valence-electron chi connectivity index (χ4n) is 1.08. The maximum absolute atomic E-state index is 5.81. The van der Waals surface area contributed by atoms with Crippen LogP contribution in [-0.2, 0) is 12.8 Å². The Bertz CT molecular complexity index is 368. The fraction of sp³-hybridized carbons (Fsp3) is 0.250. The Morgan fingerprint density at radius 1 is 1.38 bits per heavy atom. The van der Waals surface area contributed by atoms with Gasteiger partial charge < -0.3 is 0 Å². The van der Waals surface area contributed by atoms with Crippen LogP contribution < -0.4 is 0 Å². The number of hydrogen-bond donors (Lipinski definition) is 1. The molecule has 1 N–H and O–H groups in total. The van der Waals surface area contributed by atoms with Crippen LogP contribution in [-0.4, -0.2) is 15.4 Å². The first-order chi connectivity index (χ1) is 6.34. The molecule has 0 unspecified atom stereocenters. The van der Waals surface area contributed by atoms with E-state index in [-0.39, 0.29) is 0 Å². The Labute approximate surface area is 84.7 Å². The molecule has 0 aromatic carbocycles. The molecule has 0 spiro atoms. The average Bonchev–Trinajstić information content (AvgIpc) is 2.71. The Balaban J connectivity index is 1.93. The predicted octanol–water partition coefficient (Wildman–Crippen LogP) is 2.30. The van der Waals surface area contributed by atoms with Gasteiger partial charge in [-0.05, 0) is 25.0 Å². The molecule has 0 aliphatic carbocycles. The summed E-state index contributed by atoms with van der Waals surface area (Å²) >= 11 is 7.42. The highest BCUT2D eigenvalue weighted by molar-refractivity contribution is 7.16. The van der Waals surface area contributed by atoms with Crippen LogP contribution in [0.25, 0.3) is 0 Å². The van der Waals surface area contributed by atoms with E-state index in [1.54, 1.807) is 17.5 Å². The normalized spacial score (nSPS) is 10.5. The van der Waals surface area contributed by atoms with Gasteiger partial charge in [-0.3, -0.25) is 0 Å². The number of nitrogens with one attached hydrogen (secondary N) is 1. The second-order valence-corrected chi connectivity index (χ2v) is 4.47. The third-order valence-electron chi connectivity index (χ3n) is 1.72. The first-order valence-electron chi connectivity index (χ1n) is 3.93. The van der Waals surface area contributed by atoms with Crippen molar-refractivity contribution in [3.8, 4) is 0 Å². The van der Waals surface area contributed by atoms with Crippen LogP contribution in [0.15, 0.2) is 18.3 Å². The van der Waals surface area contributed by atoms with Crippen LogP contribution in [0.5, 0.6) is 0 Å². The van der Waals surface area contributed by atoms with Crippen molar-refractivity contribution in [2.24, 2.45) is 0 Å². The van der Waals surface area contributed by atoms with Gasteiger partial charge in [0, 0.05) is 4.88 Å². The highest BCUT2D eigenvalue weighted by Crippen LogP contribution is 2.22. The van der Waals surface area contributed by atoms with Gasteiger partial charge in [-0.25, -0.2) is 0 Å². The monoisotopic (exact) mass is 213 g/mol. The summed E-state index contributed by atoms with van der Waals surface area (Å²) in [6, 6.07) is 3.97. The Kier molecular flexibility index (Phi) is 2.61. The number of nitrogens with zero attached hydrogens (tertiary/aromatic N) is 2. The summed E-state index contributed by atoms with van der Waals surface area (Å²) in [6.07, 6.45) is 3.63. The first kappa shape index (κ1) is 8.72. The minimum atomic E-state index is 0.843. The van der Waals surface area contributed by atoms with E-state index in [0.717, 1.165) is 22.9 Å². The molecule has 0 radical (unpaired) electrons. The highest BCUT2D eigenvalue weighted by Gasteiger charge is 2.00. The average molecular weight is 214 g/mol. The molecule has 0 atom stereocenters. The minimum absolute atomic E-state index is 0.843. The Morgan fingerprint density at radius 3 is 2.92 bits per heavy atom. The molecular weight excluding hydrogens is 206 g/mol. The lowest BCUT2D eigenvalue weighted by atomic mass is 10.2. The summed E-state index contributed by atoms with van der Waals surface area (Å²) in [5.41, 5.74) is 0.990. The number of aromatic amines is 1. The van der Waals surface area contributed by atoms with Gasteiger partial charge in [-0.1, -0.05) is 11.6 Å². The molecule has 13 heavy (non-hydrogen) atoms. The first-order valence-corrected chi connectivity index (χ1v) is 5.13. The van der Waals surface area contributed by atoms with Crippen molar-refractivity contribution in [2.45, 2.75) is 12.8 Å². The maximum atomic E-state index is 5.81. The van der Waals surface area contributed by atoms with E-state index in [9.17, 15) is 0 Å². The molecule has 5 heteroatoms. The van der Waals surface area contributed by atoms with Crippen molar-refractivity contribution in [3.63, 3.8) is 0 Å². The zero-order chi connectivity index (χ0) is 9.10. The maximum Gasteiger partial charge on any atom is 0.0931 e. The largest absolute Gasteiger partial charge is 0.198 e. The van der Waals surface area contributed by atoms with Gasteiger partial charge in [-0.15, -0.1) is 11.3 Å². The minimum Gasteiger partial charge on any atom is -0.198 e. The third kappa shape index (κ3) is 2.29. The quantitative estimate of drug-likeness (QED) is 0.850. The lowest BCUT2D eigenvalue weighted by Crippen LogP contribution is -1.88. The summed E-state index contributed by atoms with van der Waals surface area (Å²) in [5, 5.41) is 10.3. The summed E-state index contributed by atoms with van der Waals surface area (Å²) in [4.78, 5) is 1.29. The third-order valence-corrected chi connectivity index (χ3v) is 3.01. The van der Waals surface area contributed by atoms with Gasteiger partial charge in [0.25, 0.3) is 0 Å².